The van der Waals surface area contributed by atoms with E-state index in [-0.39, 0.29) is 16.7 Å². The highest BCUT2D eigenvalue weighted by molar-refractivity contribution is 7.85. The van der Waals surface area contributed by atoms with Crippen molar-refractivity contribution in [3.63, 3.8) is 0 Å². The van der Waals surface area contributed by atoms with Crippen molar-refractivity contribution in [3.8, 4) is 23.3 Å². The third kappa shape index (κ3) is 6.42. The van der Waals surface area contributed by atoms with E-state index >= 15 is 0 Å². The molecular weight excluding hydrogens is 512 g/mol. The summed E-state index contributed by atoms with van der Waals surface area (Å²) in [6.45, 7) is 4.22. The number of nitriles is 2. The number of aromatic nitrogens is 2. The van der Waals surface area contributed by atoms with Crippen LogP contribution in [0.3, 0.4) is 0 Å². The summed E-state index contributed by atoms with van der Waals surface area (Å²) in [5.41, 5.74) is 6.23. The Morgan fingerprint density at radius 1 is 1.00 bits per heavy atom. The average Bonchev–Trinajstić information content (AvgIpc) is 3.14. The van der Waals surface area contributed by atoms with Crippen molar-refractivity contribution in [2.75, 3.05) is 0 Å². The minimum Gasteiger partial charge on any atom is -0.392 e. The highest BCUT2D eigenvalue weighted by Crippen LogP contribution is 2.32. The Morgan fingerprint density at radius 3 is 2.16 bits per heavy atom. The lowest BCUT2D eigenvalue weighted by Crippen LogP contribution is -2.05. The van der Waals surface area contributed by atoms with Crippen molar-refractivity contribution in [3.05, 3.63) is 106 Å². The van der Waals surface area contributed by atoms with E-state index < -0.39 is 10.1 Å². The fraction of sp³-hybridized carbons (Fsp3) is 0.148. The second kappa shape index (κ2) is 11.8. The lowest BCUT2D eigenvalue weighted by molar-refractivity contribution is 0.281. The summed E-state index contributed by atoms with van der Waals surface area (Å²) in [7, 11) is -4.00. The Morgan fingerprint density at radius 2 is 1.65 bits per heavy atom. The minimum atomic E-state index is -4.00. The zero-order chi connectivity index (χ0) is 27.2. The van der Waals surface area contributed by atoms with Crippen LogP contribution in [-0.2, 0) is 23.3 Å². The normalized spacial score (nSPS) is 10.7. The zero-order valence-electron chi connectivity index (χ0n) is 20.1. The van der Waals surface area contributed by atoms with Gasteiger partial charge in [-0.05, 0) is 55.3 Å². The van der Waals surface area contributed by atoms with Crippen LogP contribution < -0.4 is 0 Å². The molecule has 10 heteroatoms. The molecule has 0 saturated carbocycles. The molecule has 0 bridgehead atoms. The summed E-state index contributed by atoms with van der Waals surface area (Å²) < 4.78 is 31.3. The van der Waals surface area contributed by atoms with Gasteiger partial charge in [0.05, 0.1) is 28.7 Å². The van der Waals surface area contributed by atoms with Crippen molar-refractivity contribution >= 4 is 21.7 Å². The van der Waals surface area contributed by atoms with Crippen molar-refractivity contribution < 1.29 is 18.1 Å². The highest BCUT2D eigenvalue weighted by atomic mass is 35.5. The standard InChI is InChI=1S/C21H17ClN4O.C6H6O3S/c1-13-19(9-24)20(17-5-3-15(8-23)4-6-17)14(2)26(13)11-16-7-18(12-27)21(22)25-10-16;7-10(8,9)6-4-2-1-3-5-6/h3-7,10,27H,11-12H2,1-2H3;1-5H,(H,7,8,9). The molecule has 4 rings (SSSR count). The third-order valence-electron chi connectivity index (χ3n) is 5.72. The molecule has 2 aromatic heterocycles. The molecular formula is C27H23ClN4O4S. The van der Waals surface area contributed by atoms with Crippen LogP contribution >= 0.6 is 11.6 Å². The Labute approximate surface area is 220 Å². The summed E-state index contributed by atoms with van der Waals surface area (Å²) in [4.78, 5) is 4.05. The van der Waals surface area contributed by atoms with Crippen molar-refractivity contribution in [1.29, 1.82) is 10.5 Å². The first kappa shape index (κ1) is 27.6. The molecule has 0 unspecified atom stereocenters. The molecule has 8 nitrogen and oxygen atoms in total. The number of hydrogen-bond acceptors (Lipinski definition) is 6. The van der Waals surface area contributed by atoms with Crippen LogP contribution in [0.15, 0.2) is 71.8 Å². The maximum Gasteiger partial charge on any atom is 0.294 e. The van der Waals surface area contributed by atoms with Crippen LogP contribution in [0.2, 0.25) is 5.15 Å². The number of aliphatic hydroxyl groups excluding tert-OH is 1. The smallest absolute Gasteiger partial charge is 0.294 e. The van der Waals surface area contributed by atoms with Gasteiger partial charge >= 0.3 is 0 Å². The number of hydrogen-bond donors (Lipinski definition) is 2. The summed E-state index contributed by atoms with van der Waals surface area (Å²) >= 11 is 5.97. The molecule has 2 aromatic carbocycles. The summed E-state index contributed by atoms with van der Waals surface area (Å²) in [6, 6.07) is 20.9. The third-order valence-corrected chi connectivity index (χ3v) is 6.93. The number of aliphatic hydroxyl groups is 1. The van der Waals surface area contributed by atoms with Gasteiger partial charge in [0.25, 0.3) is 10.1 Å². The molecule has 37 heavy (non-hydrogen) atoms. The van der Waals surface area contributed by atoms with Crippen LogP contribution in [0.1, 0.15) is 33.6 Å². The van der Waals surface area contributed by atoms with Gasteiger partial charge in [-0.15, -0.1) is 0 Å². The molecule has 0 radical (unpaired) electrons. The Kier molecular flexibility index (Phi) is 8.82. The fourth-order valence-electron chi connectivity index (χ4n) is 3.84. The van der Waals surface area contributed by atoms with E-state index in [4.69, 9.17) is 21.4 Å². The van der Waals surface area contributed by atoms with E-state index in [1.165, 1.54) is 12.1 Å². The van der Waals surface area contributed by atoms with Crippen LogP contribution in [-0.4, -0.2) is 27.6 Å². The average molecular weight is 535 g/mol. The second-order valence-electron chi connectivity index (χ2n) is 8.05. The van der Waals surface area contributed by atoms with Gasteiger partial charge in [-0.3, -0.25) is 4.55 Å². The van der Waals surface area contributed by atoms with Gasteiger partial charge in [0.2, 0.25) is 0 Å². The lowest BCUT2D eigenvalue weighted by Gasteiger charge is -2.11. The maximum atomic E-state index is 10.4. The molecule has 2 N–H and O–H groups in total. The van der Waals surface area contributed by atoms with Gasteiger partial charge in [0, 0.05) is 35.3 Å². The maximum absolute atomic E-state index is 10.4. The van der Waals surface area contributed by atoms with Gasteiger partial charge in [0.1, 0.15) is 11.2 Å². The van der Waals surface area contributed by atoms with E-state index in [9.17, 15) is 18.8 Å². The molecule has 0 saturated heterocycles. The van der Waals surface area contributed by atoms with E-state index in [2.05, 4.69) is 21.7 Å². The first-order chi connectivity index (χ1) is 17.6. The van der Waals surface area contributed by atoms with Crippen LogP contribution in [0.5, 0.6) is 0 Å². The molecule has 0 spiro atoms. The lowest BCUT2D eigenvalue weighted by atomic mass is 10.0. The topological polar surface area (TPSA) is 140 Å². The van der Waals surface area contributed by atoms with E-state index in [1.807, 2.05) is 32.0 Å². The van der Waals surface area contributed by atoms with Gasteiger partial charge in [-0.1, -0.05) is 41.9 Å². The first-order valence-corrected chi connectivity index (χ1v) is 12.8. The van der Waals surface area contributed by atoms with Crippen molar-refractivity contribution in [2.24, 2.45) is 0 Å². The Hall–Kier alpha value is -3.99. The van der Waals surface area contributed by atoms with E-state index in [0.29, 0.717) is 23.2 Å². The van der Waals surface area contributed by atoms with Gasteiger partial charge in [0.15, 0.2) is 0 Å². The predicted molar refractivity (Wildman–Crippen MR) is 139 cm³/mol. The number of halogens is 1. The molecule has 0 fully saturated rings. The zero-order valence-corrected chi connectivity index (χ0v) is 21.6. The quantitative estimate of drug-likeness (QED) is 0.270. The Balaban J connectivity index is 0.000000319. The minimum absolute atomic E-state index is 0.0741. The number of benzene rings is 2. The number of pyridine rings is 1. The molecule has 0 atom stereocenters. The summed E-state index contributed by atoms with van der Waals surface area (Å²) in [5.74, 6) is 0. The van der Waals surface area contributed by atoms with E-state index in [0.717, 1.165) is 28.1 Å². The molecule has 188 valence electrons. The van der Waals surface area contributed by atoms with Crippen LogP contribution in [0, 0.1) is 36.5 Å². The fourth-order valence-corrected chi connectivity index (χ4v) is 4.50. The largest absolute Gasteiger partial charge is 0.392 e. The van der Waals surface area contributed by atoms with Crippen LogP contribution in [0.25, 0.3) is 11.1 Å². The molecule has 0 aliphatic rings. The summed E-state index contributed by atoms with van der Waals surface area (Å²) in [5, 5.41) is 28.4. The Bertz CT molecular complexity index is 1600. The predicted octanol–water partition coefficient (Wildman–Crippen LogP) is 5.04. The van der Waals surface area contributed by atoms with Gasteiger partial charge in [-0.2, -0.15) is 18.9 Å². The molecule has 4 aromatic rings. The molecule has 0 amide bonds. The second-order valence-corrected chi connectivity index (χ2v) is 9.83. The first-order valence-electron chi connectivity index (χ1n) is 11.0. The number of nitrogens with zero attached hydrogens (tertiary/aromatic N) is 4. The van der Waals surface area contributed by atoms with E-state index in [1.54, 1.807) is 36.5 Å². The number of rotatable bonds is 5. The van der Waals surface area contributed by atoms with Crippen molar-refractivity contribution in [1.82, 2.24) is 9.55 Å². The molecule has 0 aliphatic carbocycles. The molecule has 0 aliphatic heterocycles. The van der Waals surface area contributed by atoms with Crippen molar-refractivity contribution in [2.45, 2.75) is 31.9 Å². The summed E-state index contributed by atoms with van der Waals surface area (Å²) in [6.07, 6.45) is 1.67. The molecule has 2 heterocycles. The highest BCUT2D eigenvalue weighted by Gasteiger charge is 2.19. The van der Waals surface area contributed by atoms with Gasteiger partial charge in [-0.25, -0.2) is 4.98 Å². The monoisotopic (exact) mass is 534 g/mol. The van der Waals surface area contributed by atoms with Gasteiger partial charge < -0.3 is 9.67 Å². The SMILES string of the molecule is Cc1c(C#N)c(-c2ccc(C#N)cc2)c(C)n1Cc1cnc(Cl)c(CO)c1.O=S(=O)(O)c1ccccc1. The van der Waals surface area contributed by atoms with Crippen LogP contribution in [0.4, 0.5) is 0 Å².